The van der Waals surface area contributed by atoms with Crippen LogP contribution in [0.25, 0.3) is 0 Å². The molecule has 1 fully saturated rings. The first-order valence-corrected chi connectivity index (χ1v) is 7.41. The second-order valence-electron chi connectivity index (χ2n) is 5.07. The number of ether oxygens (including phenoxy) is 1. The molecule has 1 aliphatic rings. The Hall–Kier alpha value is -1.99. The summed E-state index contributed by atoms with van der Waals surface area (Å²) in [7, 11) is 1.74. The van der Waals surface area contributed by atoms with Gasteiger partial charge in [0.2, 0.25) is 5.95 Å². The highest BCUT2D eigenvalue weighted by atomic mass is 35.5. The number of aromatic nitrogens is 4. The summed E-state index contributed by atoms with van der Waals surface area (Å²) in [4.78, 5) is 18.8. The van der Waals surface area contributed by atoms with Gasteiger partial charge in [0, 0.05) is 26.4 Å². The first-order valence-electron chi connectivity index (χ1n) is 7.03. The summed E-state index contributed by atoms with van der Waals surface area (Å²) in [5, 5.41) is 3.76. The Morgan fingerprint density at radius 3 is 2.86 bits per heavy atom. The van der Waals surface area contributed by atoms with E-state index in [0.717, 1.165) is 18.8 Å². The summed E-state index contributed by atoms with van der Waals surface area (Å²) in [5.74, 6) is 1.46. The topological polar surface area (TPSA) is 76.1 Å². The predicted molar refractivity (Wildman–Crippen MR) is 84.1 cm³/mol. The number of rotatable bonds is 5. The van der Waals surface area contributed by atoms with Crippen molar-refractivity contribution >= 4 is 23.4 Å². The Morgan fingerprint density at radius 1 is 1.36 bits per heavy atom. The van der Waals surface area contributed by atoms with E-state index in [0.29, 0.717) is 17.5 Å². The molecule has 3 rings (SSSR count). The molecule has 2 atom stereocenters. The fourth-order valence-electron chi connectivity index (χ4n) is 2.58. The molecule has 0 aromatic carbocycles. The van der Waals surface area contributed by atoms with Crippen molar-refractivity contribution in [3.05, 3.63) is 36.0 Å². The Bertz CT molecular complexity index is 596. The van der Waals surface area contributed by atoms with Crippen LogP contribution in [0.3, 0.4) is 0 Å². The van der Waals surface area contributed by atoms with E-state index >= 15 is 0 Å². The summed E-state index contributed by atoms with van der Waals surface area (Å²) in [6.45, 7) is 1.51. The summed E-state index contributed by atoms with van der Waals surface area (Å²) in [5.41, 5.74) is 0. The quantitative estimate of drug-likeness (QED) is 0.897. The van der Waals surface area contributed by atoms with Crippen LogP contribution in [0.15, 0.2) is 31.0 Å². The first-order chi connectivity index (χ1) is 10.8. The van der Waals surface area contributed by atoms with Gasteiger partial charge in [0.15, 0.2) is 0 Å². The van der Waals surface area contributed by atoms with Crippen LogP contribution in [-0.2, 0) is 4.74 Å². The molecule has 0 saturated carbocycles. The van der Waals surface area contributed by atoms with E-state index in [1.807, 2.05) is 6.07 Å². The minimum Gasteiger partial charge on any atom is -0.380 e. The maximum atomic E-state index is 5.79. The monoisotopic (exact) mass is 320 g/mol. The highest BCUT2D eigenvalue weighted by Gasteiger charge is 2.32. The molecule has 0 amide bonds. The summed E-state index contributed by atoms with van der Waals surface area (Å²) < 4.78 is 5.50. The Balaban J connectivity index is 1.68. The fraction of sp³-hybridized carbons (Fsp3) is 0.429. The van der Waals surface area contributed by atoms with Gasteiger partial charge in [0.25, 0.3) is 0 Å². The van der Waals surface area contributed by atoms with E-state index in [1.165, 1.54) is 0 Å². The minimum absolute atomic E-state index is 0.188. The fourth-order valence-corrected chi connectivity index (χ4v) is 2.68. The van der Waals surface area contributed by atoms with Crippen LogP contribution in [0.2, 0.25) is 5.02 Å². The van der Waals surface area contributed by atoms with Crippen molar-refractivity contribution in [3.8, 4) is 0 Å². The van der Waals surface area contributed by atoms with Crippen LogP contribution in [0.5, 0.6) is 0 Å². The van der Waals surface area contributed by atoms with Crippen LogP contribution in [-0.4, -0.2) is 52.3 Å². The molecule has 22 heavy (non-hydrogen) atoms. The number of nitrogens with one attached hydrogen (secondary N) is 1. The van der Waals surface area contributed by atoms with Crippen LogP contribution >= 0.6 is 11.6 Å². The molecule has 7 nitrogen and oxygen atoms in total. The van der Waals surface area contributed by atoms with E-state index in [9.17, 15) is 0 Å². The third-order valence-corrected chi connectivity index (χ3v) is 3.88. The van der Waals surface area contributed by atoms with Gasteiger partial charge in [-0.2, -0.15) is 0 Å². The molecule has 0 aliphatic carbocycles. The average molecular weight is 321 g/mol. The van der Waals surface area contributed by atoms with Gasteiger partial charge in [-0.15, -0.1) is 0 Å². The average Bonchev–Trinajstić information content (AvgIpc) is 2.98. The van der Waals surface area contributed by atoms with E-state index in [1.54, 1.807) is 32.0 Å². The van der Waals surface area contributed by atoms with Crippen LogP contribution in [0.4, 0.5) is 11.8 Å². The lowest BCUT2D eigenvalue weighted by molar-refractivity contribution is 0.118. The van der Waals surface area contributed by atoms with Crippen molar-refractivity contribution in [1.29, 1.82) is 0 Å². The normalized spacial score (nSPS) is 21.1. The number of halogens is 1. The van der Waals surface area contributed by atoms with Gasteiger partial charge in [0.05, 0.1) is 29.6 Å². The van der Waals surface area contributed by atoms with Gasteiger partial charge >= 0.3 is 0 Å². The first kappa shape index (κ1) is 14.9. The van der Waals surface area contributed by atoms with Crippen molar-refractivity contribution in [2.45, 2.75) is 18.6 Å². The van der Waals surface area contributed by atoms with Crippen molar-refractivity contribution < 1.29 is 4.74 Å². The lowest BCUT2D eigenvalue weighted by Gasteiger charge is -2.25. The summed E-state index contributed by atoms with van der Waals surface area (Å²) in [6, 6.07) is 2.16. The van der Waals surface area contributed by atoms with Gasteiger partial charge in [-0.1, -0.05) is 11.6 Å². The third kappa shape index (κ3) is 3.42. The van der Waals surface area contributed by atoms with Gasteiger partial charge in [-0.05, 0) is 12.5 Å². The zero-order valence-corrected chi connectivity index (χ0v) is 12.9. The molecule has 0 radical (unpaired) electrons. The predicted octanol–water partition coefficient (Wildman–Crippen LogP) is 1.63. The number of hydrogen-bond donors (Lipinski definition) is 1. The zero-order chi connectivity index (χ0) is 15.4. The van der Waals surface area contributed by atoms with Crippen molar-refractivity contribution in [2.75, 3.05) is 30.4 Å². The molecular weight excluding hydrogens is 304 g/mol. The molecule has 116 valence electrons. The lowest BCUT2D eigenvalue weighted by Crippen LogP contribution is -2.35. The second-order valence-corrected chi connectivity index (χ2v) is 5.51. The molecule has 3 heterocycles. The van der Waals surface area contributed by atoms with E-state index < -0.39 is 0 Å². The third-order valence-electron chi connectivity index (χ3n) is 3.69. The number of methoxy groups -OCH3 is 1. The second kappa shape index (κ2) is 6.85. The molecule has 1 aliphatic heterocycles. The van der Waals surface area contributed by atoms with Crippen LogP contribution < -0.4 is 10.2 Å². The lowest BCUT2D eigenvalue weighted by atomic mass is 10.2. The van der Waals surface area contributed by atoms with Gasteiger partial charge < -0.3 is 15.0 Å². The molecule has 2 aromatic heterocycles. The SMILES string of the molecule is CO[C@@H]1C[C@H](CNc2ncc(Cl)cn2)N(c2ccncn2)C1. The van der Waals surface area contributed by atoms with Crippen LogP contribution in [0.1, 0.15) is 6.42 Å². The minimum atomic E-state index is 0.188. The highest BCUT2D eigenvalue weighted by Crippen LogP contribution is 2.25. The Labute approximate surface area is 133 Å². The molecule has 1 saturated heterocycles. The Morgan fingerprint density at radius 2 is 2.18 bits per heavy atom. The summed E-state index contributed by atoms with van der Waals surface area (Å²) in [6.07, 6.45) is 7.56. The zero-order valence-electron chi connectivity index (χ0n) is 12.2. The Kier molecular flexibility index (Phi) is 4.65. The van der Waals surface area contributed by atoms with E-state index in [2.05, 4.69) is 30.2 Å². The number of anilines is 2. The van der Waals surface area contributed by atoms with Crippen molar-refractivity contribution in [3.63, 3.8) is 0 Å². The van der Waals surface area contributed by atoms with Crippen molar-refractivity contribution in [2.24, 2.45) is 0 Å². The molecule has 2 aromatic rings. The van der Waals surface area contributed by atoms with Gasteiger partial charge in [-0.3, -0.25) is 0 Å². The smallest absolute Gasteiger partial charge is 0.222 e. The molecule has 1 N–H and O–H groups in total. The standard InChI is InChI=1S/C14H17ClN6O/c1-22-12-4-11(7-19-14-17-5-10(15)6-18-14)21(8-12)13-2-3-16-9-20-13/h2-3,5-6,9,11-12H,4,7-8H2,1H3,(H,17,18,19)/t11-,12-/m1/s1. The number of hydrogen-bond acceptors (Lipinski definition) is 7. The molecule has 8 heteroatoms. The maximum Gasteiger partial charge on any atom is 0.222 e. The largest absolute Gasteiger partial charge is 0.380 e. The van der Waals surface area contributed by atoms with Gasteiger partial charge in [0.1, 0.15) is 12.1 Å². The van der Waals surface area contributed by atoms with Crippen molar-refractivity contribution in [1.82, 2.24) is 19.9 Å². The maximum absolute atomic E-state index is 5.79. The van der Waals surface area contributed by atoms with E-state index in [-0.39, 0.29) is 12.1 Å². The summed E-state index contributed by atoms with van der Waals surface area (Å²) >= 11 is 5.79. The molecular formula is C14H17ClN6O. The van der Waals surface area contributed by atoms with Crippen LogP contribution in [0, 0.1) is 0 Å². The molecule has 0 unspecified atom stereocenters. The number of nitrogens with zero attached hydrogens (tertiary/aromatic N) is 5. The molecule has 0 bridgehead atoms. The molecule has 0 spiro atoms. The highest BCUT2D eigenvalue weighted by molar-refractivity contribution is 6.30. The van der Waals surface area contributed by atoms with E-state index in [4.69, 9.17) is 16.3 Å². The van der Waals surface area contributed by atoms with Gasteiger partial charge in [-0.25, -0.2) is 19.9 Å².